The van der Waals surface area contributed by atoms with Gasteiger partial charge in [0.1, 0.15) is 17.5 Å². The quantitative estimate of drug-likeness (QED) is 0.462. The number of aromatic nitrogens is 2. The summed E-state index contributed by atoms with van der Waals surface area (Å²) >= 11 is 0. The van der Waals surface area contributed by atoms with Crippen molar-refractivity contribution < 1.29 is 31.5 Å². The van der Waals surface area contributed by atoms with Gasteiger partial charge in [0.05, 0.1) is 5.41 Å². The number of amides is 2. The lowest BCUT2D eigenvalue weighted by molar-refractivity contribution is -0.194. The van der Waals surface area contributed by atoms with Gasteiger partial charge in [-0.25, -0.2) is 18.7 Å². The lowest BCUT2D eigenvalue weighted by Crippen LogP contribution is -2.43. The number of rotatable bonds is 10. The highest BCUT2D eigenvalue weighted by molar-refractivity contribution is 5.94. The van der Waals surface area contributed by atoms with Gasteiger partial charge in [-0.05, 0) is 58.0 Å². The number of carbonyl (C=O) groups excluding carboxylic acids is 2. The van der Waals surface area contributed by atoms with Gasteiger partial charge in [-0.2, -0.15) is 13.2 Å². The van der Waals surface area contributed by atoms with E-state index in [1.807, 2.05) is 0 Å². The first-order valence-corrected chi connectivity index (χ1v) is 11.8. The van der Waals surface area contributed by atoms with Gasteiger partial charge >= 0.3 is 6.18 Å². The highest BCUT2D eigenvalue weighted by atomic mass is 19.4. The zero-order chi connectivity index (χ0) is 27.5. The van der Waals surface area contributed by atoms with Crippen molar-refractivity contribution in [1.82, 2.24) is 25.5 Å². The molecule has 1 heterocycles. The van der Waals surface area contributed by atoms with Crippen LogP contribution in [0.25, 0.3) is 0 Å². The van der Waals surface area contributed by atoms with Crippen LogP contribution in [0, 0.1) is 24.0 Å². The van der Waals surface area contributed by atoms with Gasteiger partial charge in [-0.1, -0.05) is 0 Å². The predicted molar refractivity (Wildman–Crippen MR) is 126 cm³/mol. The van der Waals surface area contributed by atoms with E-state index in [2.05, 4.69) is 20.6 Å². The number of carbonyl (C=O) groups is 2. The second-order valence-electron chi connectivity index (χ2n) is 9.60. The number of hydrogen-bond acceptors (Lipinski definition) is 5. The molecule has 1 aliphatic rings. The average molecular weight is 528 g/mol. The molecule has 2 N–H and O–H groups in total. The fourth-order valence-corrected chi connectivity index (χ4v) is 4.41. The van der Waals surface area contributed by atoms with Gasteiger partial charge < -0.3 is 15.5 Å². The summed E-state index contributed by atoms with van der Waals surface area (Å²) in [4.78, 5) is 34.2. The minimum atomic E-state index is -4.50. The highest BCUT2D eigenvalue weighted by Crippen LogP contribution is 2.66. The molecule has 2 aromatic rings. The molecular formula is C25H30F5N5O2. The third-order valence-electron chi connectivity index (χ3n) is 6.95. The molecule has 1 aromatic carbocycles. The van der Waals surface area contributed by atoms with Crippen LogP contribution in [0.5, 0.6) is 0 Å². The first kappa shape index (κ1) is 28.4. The zero-order valence-electron chi connectivity index (χ0n) is 21.0. The van der Waals surface area contributed by atoms with Gasteiger partial charge in [0.15, 0.2) is 0 Å². The molecule has 1 aromatic heterocycles. The number of likely N-dealkylation sites (N-methyl/N-ethyl adjacent to an activating group) is 1. The van der Waals surface area contributed by atoms with Crippen LogP contribution < -0.4 is 10.6 Å². The molecule has 0 bridgehead atoms. The van der Waals surface area contributed by atoms with Gasteiger partial charge in [0.25, 0.3) is 5.91 Å². The lowest BCUT2D eigenvalue weighted by atomic mass is 9.81. The van der Waals surface area contributed by atoms with Crippen molar-refractivity contribution in [3.05, 3.63) is 58.7 Å². The van der Waals surface area contributed by atoms with Gasteiger partial charge in [0.2, 0.25) is 5.91 Å². The molecule has 1 saturated carbocycles. The standard InChI is InChI=1S/C25H30F5N5O2/c1-14-32-11-16(12-33-14)19(24(5-6-24)25(28,29)30)10-22(36)34-13-17(35(3)4)9-18-20(26)7-15(8-21(18)27)23(37)31-2/h7-8,11-12,17,19H,5-6,9-10,13H2,1-4H3,(H,31,37)(H,34,36)/t17-,19+/m0/s1. The predicted octanol–water partition coefficient (Wildman–Crippen LogP) is 3.53. The smallest absolute Gasteiger partial charge is 0.355 e. The Balaban J connectivity index is 1.73. The Hall–Kier alpha value is -3.15. The summed E-state index contributed by atoms with van der Waals surface area (Å²) in [5.74, 6) is -3.82. The van der Waals surface area contributed by atoms with E-state index in [0.29, 0.717) is 5.82 Å². The molecule has 0 aliphatic heterocycles. The maximum absolute atomic E-state index is 14.6. The van der Waals surface area contributed by atoms with E-state index >= 15 is 0 Å². The largest absolute Gasteiger partial charge is 0.395 e. The van der Waals surface area contributed by atoms with Crippen LogP contribution in [-0.4, -0.2) is 66.6 Å². The second-order valence-corrected chi connectivity index (χ2v) is 9.60. The van der Waals surface area contributed by atoms with Crippen molar-refractivity contribution in [3.8, 4) is 0 Å². The van der Waals surface area contributed by atoms with Gasteiger partial charge in [0, 0.05) is 55.5 Å². The Morgan fingerprint density at radius 3 is 2.14 bits per heavy atom. The van der Waals surface area contributed by atoms with Gasteiger partial charge in [-0.3, -0.25) is 9.59 Å². The van der Waals surface area contributed by atoms with E-state index < -0.39 is 53.4 Å². The Morgan fingerprint density at radius 1 is 1.11 bits per heavy atom. The molecule has 12 heteroatoms. The van der Waals surface area contributed by atoms with Crippen molar-refractivity contribution in [1.29, 1.82) is 0 Å². The number of alkyl halides is 3. The van der Waals surface area contributed by atoms with Crippen LogP contribution >= 0.6 is 0 Å². The number of halogens is 5. The van der Waals surface area contributed by atoms with Crippen molar-refractivity contribution >= 4 is 11.8 Å². The fraction of sp³-hybridized carbons (Fsp3) is 0.520. The summed E-state index contributed by atoms with van der Waals surface area (Å²) in [7, 11) is 4.65. The molecule has 0 spiro atoms. The zero-order valence-corrected chi connectivity index (χ0v) is 21.0. The normalized spacial score (nSPS) is 16.3. The summed E-state index contributed by atoms with van der Waals surface area (Å²) in [6.45, 7) is 1.55. The molecule has 37 heavy (non-hydrogen) atoms. The molecule has 0 saturated heterocycles. The molecule has 0 unspecified atom stereocenters. The number of benzene rings is 1. The van der Waals surface area contributed by atoms with Crippen molar-refractivity contribution in [2.45, 2.75) is 50.7 Å². The maximum Gasteiger partial charge on any atom is 0.395 e. The third kappa shape index (κ3) is 6.41. The SMILES string of the molecule is CNC(=O)c1cc(F)c(C[C@@H](CNC(=O)C[C@H](c2cnc(C)nc2)C2(C(F)(F)F)CC2)N(C)C)c(F)c1. The van der Waals surface area contributed by atoms with Gasteiger partial charge in [-0.15, -0.1) is 0 Å². The third-order valence-corrected chi connectivity index (χ3v) is 6.95. The Morgan fingerprint density at radius 2 is 1.68 bits per heavy atom. The first-order valence-electron chi connectivity index (χ1n) is 11.8. The lowest BCUT2D eigenvalue weighted by Gasteiger charge is -2.29. The number of aryl methyl sites for hydroxylation is 1. The second kappa shape index (κ2) is 11.1. The van der Waals surface area contributed by atoms with Crippen LogP contribution in [-0.2, 0) is 11.2 Å². The van der Waals surface area contributed by atoms with Crippen LogP contribution in [0.4, 0.5) is 22.0 Å². The number of nitrogens with zero attached hydrogens (tertiary/aromatic N) is 3. The maximum atomic E-state index is 14.6. The number of nitrogens with one attached hydrogen (secondary N) is 2. The van der Waals surface area contributed by atoms with Crippen LogP contribution in [0.3, 0.4) is 0 Å². The van der Waals surface area contributed by atoms with E-state index in [0.717, 1.165) is 12.1 Å². The topological polar surface area (TPSA) is 87.2 Å². The molecule has 7 nitrogen and oxygen atoms in total. The average Bonchev–Trinajstić information content (AvgIpc) is 3.63. The minimum Gasteiger partial charge on any atom is -0.355 e. The van der Waals surface area contributed by atoms with Crippen molar-refractivity contribution in [3.63, 3.8) is 0 Å². The van der Waals surface area contributed by atoms with Crippen molar-refractivity contribution in [2.75, 3.05) is 27.7 Å². The molecule has 3 rings (SSSR count). The summed E-state index contributed by atoms with van der Waals surface area (Å²) in [6.07, 6.45) is -2.60. The summed E-state index contributed by atoms with van der Waals surface area (Å²) in [6, 6.07) is 1.30. The summed E-state index contributed by atoms with van der Waals surface area (Å²) in [5, 5.41) is 4.92. The Labute approximate surface area is 211 Å². The molecule has 2 atom stereocenters. The fourth-order valence-electron chi connectivity index (χ4n) is 4.41. The van der Waals surface area contributed by atoms with Crippen LogP contribution in [0.15, 0.2) is 24.5 Å². The monoisotopic (exact) mass is 527 g/mol. The van der Waals surface area contributed by atoms with E-state index in [1.165, 1.54) is 19.4 Å². The highest BCUT2D eigenvalue weighted by Gasteiger charge is 2.67. The molecular weight excluding hydrogens is 497 g/mol. The van der Waals surface area contributed by atoms with E-state index in [4.69, 9.17) is 0 Å². The summed E-state index contributed by atoms with van der Waals surface area (Å²) in [5.41, 5.74) is -2.20. The Kier molecular flexibility index (Phi) is 8.51. The van der Waals surface area contributed by atoms with Crippen LogP contribution in [0.2, 0.25) is 0 Å². The van der Waals surface area contributed by atoms with Crippen molar-refractivity contribution in [2.24, 2.45) is 5.41 Å². The van der Waals surface area contributed by atoms with Crippen LogP contribution in [0.1, 0.15) is 52.5 Å². The Bertz CT molecular complexity index is 1110. The minimum absolute atomic E-state index is 0.0575. The first-order chi connectivity index (χ1) is 17.3. The van der Waals surface area contributed by atoms with E-state index in [1.54, 1.807) is 25.9 Å². The van der Waals surface area contributed by atoms with E-state index in [-0.39, 0.29) is 42.5 Å². The number of hydrogen-bond donors (Lipinski definition) is 2. The molecule has 1 aliphatic carbocycles. The molecule has 202 valence electrons. The molecule has 0 radical (unpaired) electrons. The summed E-state index contributed by atoms with van der Waals surface area (Å²) < 4.78 is 71.0. The van der Waals surface area contributed by atoms with E-state index in [9.17, 15) is 31.5 Å². The molecule has 1 fully saturated rings. The molecule has 2 amide bonds.